The Balaban J connectivity index is 3.62. The van der Waals surface area contributed by atoms with Gasteiger partial charge in [0, 0.05) is 26.7 Å². The molecule has 0 saturated heterocycles. The maximum atomic E-state index is 11.1. The fourth-order valence-electron chi connectivity index (χ4n) is 0.679. The van der Waals surface area contributed by atoms with E-state index in [4.69, 9.17) is 10.8 Å². The first-order chi connectivity index (χ1) is 6.07. The van der Waals surface area contributed by atoms with Crippen molar-refractivity contribution < 1.29 is 14.7 Å². The third kappa shape index (κ3) is 5.92. The van der Waals surface area contributed by atoms with Crippen molar-refractivity contribution in [3.63, 3.8) is 0 Å². The lowest BCUT2D eigenvalue weighted by Gasteiger charge is -2.16. The van der Waals surface area contributed by atoms with Gasteiger partial charge in [-0.25, -0.2) is 4.79 Å². The van der Waals surface area contributed by atoms with Gasteiger partial charge in [-0.05, 0) is 0 Å². The molecular formula is C7H15N3O3. The highest BCUT2D eigenvalue weighted by molar-refractivity contribution is 5.74. The van der Waals surface area contributed by atoms with Gasteiger partial charge in [0.2, 0.25) is 0 Å². The van der Waals surface area contributed by atoms with E-state index in [1.165, 1.54) is 11.9 Å². The van der Waals surface area contributed by atoms with Crippen LogP contribution in [0.1, 0.15) is 6.42 Å². The van der Waals surface area contributed by atoms with Crippen LogP contribution in [0.15, 0.2) is 0 Å². The molecule has 0 spiro atoms. The van der Waals surface area contributed by atoms with Crippen LogP contribution in [0.2, 0.25) is 0 Å². The average molecular weight is 189 g/mol. The minimum absolute atomic E-state index is 0.0491. The van der Waals surface area contributed by atoms with Gasteiger partial charge in [0.1, 0.15) is 0 Å². The molecular weight excluding hydrogens is 174 g/mol. The first-order valence-electron chi connectivity index (χ1n) is 3.98. The number of aliphatic carboxylic acids is 1. The van der Waals surface area contributed by atoms with Crippen LogP contribution in [0.25, 0.3) is 0 Å². The van der Waals surface area contributed by atoms with Gasteiger partial charge >= 0.3 is 12.0 Å². The summed E-state index contributed by atoms with van der Waals surface area (Å²) in [5.41, 5.74) is 5.17. The second kappa shape index (κ2) is 6.24. The van der Waals surface area contributed by atoms with Crippen molar-refractivity contribution in [2.45, 2.75) is 6.42 Å². The van der Waals surface area contributed by atoms with Crippen molar-refractivity contribution in [2.75, 3.05) is 26.7 Å². The second-order valence-electron chi connectivity index (χ2n) is 2.59. The van der Waals surface area contributed by atoms with E-state index in [9.17, 15) is 9.59 Å². The van der Waals surface area contributed by atoms with Crippen LogP contribution >= 0.6 is 0 Å². The third-order valence-electron chi connectivity index (χ3n) is 1.43. The summed E-state index contributed by atoms with van der Waals surface area (Å²) in [5.74, 6) is -0.918. The highest BCUT2D eigenvalue weighted by atomic mass is 16.4. The van der Waals surface area contributed by atoms with Crippen molar-refractivity contribution in [1.29, 1.82) is 0 Å². The van der Waals surface area contributed by atoms with Crippen LogP contribution < -0.4 is 11.1 Å². The van der Waals surface area contributed by atoms with Gasteiger partial charge in [0.05, 0.1) is 6.42 Å². The molecule has 13 heavy (non-hydrogen) atoms. The van der Waals surface area contributed by atoms with Crippen LogP contribution in [0.3, 0.4) is 0 Å². The molecule has 6 heteroatoms. The molecule has 4 N–H and O–H groups in total. The first kappa shape index (κ1) is 11.7. The van der Waals surface area contributed by atoms with E-state index in [-0.39, 0.29) is 19.0 Å². The normalized spacial score (nSPS) is 9.38. The summed E-state index contributed by atoms with van der Waals surface area (Å²) in [6.07, 6.45) is -0.0491. The molecule has 0 aliphatic carbocycles. The van der Waals surface area contributed by atoms with Crippen LogP contribution in [0.5, 0.6) is 0 Å². The lowest BCUT2D eigenvalue weighted by atomic mass is 10.4. The molecule has 0 aliphatic heterocycles. The number of nitrogens with two attached hydrogens (primary N) is 1. The summed E-state index contributed by atoms with van der Waals surface area (Å²) in [7, 11) is 1.54. The van der Waals surface area contributed by atoms with Crippen LogP contribution in [-0.4, -0.2) is 48.7 Å². The molecule has 0 rings (SSSR count). The van der Waals surface area contributed by atoms with Gasteiger partial charge in [0.25, 0.3) is 0 Å². The van der Waals surface area contributed by atoms with Crippen molar-refractivity contribution >= 4 is 12.0 Å². The Morgan fingerprint density at radius 1 is 1.54 bits per heavy atom. The Bertz CT molecular complexity index is 184. The van der Waals surface area contributed by atoms with E-state index in [1.54, 1.807) is 0 Å². The van der Waals surface area contributed by atoms with Crippen molar-refractivity contribution in [1.82, 2.24) is 10.2 Å². The number of carbonyl (C=O) groups excluding carboxylic acids is 1. The second-order valence-corrected chi connectivity index (χ2v) is 2.59. The Hall–Kier alpha value is -1.30. The van der Waals surface area contributed by atoms with E-state index < -0.39 is 5.97 Å². The average Bonchev–Trinajstić information content (AvgIpc) is 2.10. The largest absolute Gasteiger partial charge is 0.481 e. The summed E-state index contributed by atoms with van der Waals surface area (Å²) in [6, 6.07) is -0.299. The topological polar surface area (TPSA) is 95.7 Å². The van der Waals surface area contributed by atoms with Gasteiger partial charge in [-0.1, -0.05) is 0 Å². The summed E-state index contributed by atoms with van der Waals surface area (Å²) in [4.78, 5) is 22.6. The number of hydrogen-bond donors (Lipinski definition) is 3. The molecule has 2 amide bonds. The predicted molar refractivity (Wildman–Crippen MR) is 47.3 cm³/mol. The Kier molecular flexibility index (Phi) is 5.62. The van der Waals surface area contributed by atoms with Crippen LogP contribution in [0.4, 0.5) is 4.79 Å². The number of carbonyl (C=O) groups is 2. The molecule has 0 unspecified atom stereocenters. The third-order valence-corrected chi connectivity index (χ3v) is 1.43. The zero-order chi connectivity index (χ0) is 10.3. The van der Waals surface area contributed by atoms with Crippen LogP contribution in [-0.2, 0) is 4.79 Å². The molecule has 6 nitrogen and oxygen atoms in total. The minimum Gasteiger partial charge on any atom is -0.481 e. The minimum atomic E-state index is -0.918. The fraction of sp³-hybridized carbons (Fsp3) is 0.714. The van der Waals surface area contributed by atoms with Gasteiger partial charge in [-0.3, -0.25) is 4.79 Å². The molecule has 0 saturated carbocycles. The van der Waals surface area contributed by atoms with Crippen molar-refractivity contribution in [2.24, 2.45) is 5.73 Å². The maximum absolute atomic E-state index is 11.1. The summed E-state index contributed by atoms with van der Waals surface area (Å²) in [5, 5.41) is 10.9. The van der Waals surface area contributed by atoms with E-state index >= 15 is 0 Å². The zero-order valence-corrected chi connectivity index (χ0v) is 7.62. The van der Waals surface area contributed by atoms with E-state index in [2.05, 4.69) is 5.32 Å². The van der Waals surface area contributed by atoms with Gasteiger partial charge < -0.3 is 21.1 Å². The van der Waals surface area contributed by atoms with Crippen LogP contribution in [0, 0.1) is 0 Å². The summed E-state index contributed by atoms with van der Waals surface area (Å²) >= 11 is 0. The molecule has 0 heterocycles. The van der Waals surface area contributed by atoms with Gasteiger partial charge in [0.15, 0.2) is 0 Å². The lowest BCUT2D eigenvalue weighted by Crippen LogP contribution is -2.40. The molecule has 0 aromatic rings. The summed E-state index contributed by atoms with van der Waals surface area (Å²) in [6.45, 7) is 0.973. The number of urea groups is 1. The highest BCUT2D eigenvalue weighted by Gasteiger charge is 2.08. The van der Waals surface area contributed by atoms with Crippen molar-refractivity contribution in [3.8, 4) is 0 Å². The number of rotatable bonds is 5. The monoisotopic (exact) mass is 189 g/mol. The standard InChI is InChI=1S/C7H15N3O3/c1-10(5-2-6(11)12)7(13)9-4-3-8/h2-5,8H2,1H3,(H,9,13)(H,11,12). The van der Waals surface area contributed by atoms with E-state index in [0.29, 0.717) is 13.1 Å². The highest BCUT2D eigenvalue weighted by Crippen LogP contribution is 1.87. The zero-order valence-electron chi connectivity index (χ0n) is 7.62. The quantitative estimate of drug-likeness (QED) is 0.520. The van der Waals surface area contributed by atoms with Gasteiger partial charge in [-0.15, -0.1) is 0 Å². The molecule has 0 aromatic heterocycles. The molecule has 76 valence electrons. The molecule has 0 bridgehead atoms. The van der Waals surface area contributed by atoms with E-state index in [0.717, 1.165) is 0 Å². The maximum Gasteiger partial charge on any atom is 0.317 e. The number of nitrogens with zero attached hydrogens (tertiary/aromatic N) is 1. The number of hydrogen-bond acceptors (Lipinski definition) is 3. The number of carboxylic acid groups (broad SMARTS) is 1. The Morgan fingerprint density at radius 3 is 2.62 bits per heavy atom. The smallest absolute Gasteiger partial charge is 0.317 e. The molecule has 0 aromatic carbocycles. The van der Waals surface area contributed by atoms with E-state index in [1.807, 2.05) is 0 Å². The molecule has 0 atom stereocenters. The Morgan fingerprint density at radius 2 is 2.15 bits per heavy atom. The molecule has 0 fully saturated rings. The van der Waals surface area contributed by atoms with Gasteiger partial charge in [-0.2, -0.15) is 0 Å². The molecule has 0 radical (unpaired) electrons. The fourth-order valence-corrected chi connectivity index (χ4v) is 0.679. The predicted octanol–water partition coefficient (Wildman–Crippen LogP) is -0.939. The number of carboxylic acids is 1. The van der Waals surface area contributed by atoms with Crippen molar-refractivity contribution in [3.05, 3.63) is 0 Å². The first-order valence-corrected chi connectivity index (χ1v) is 3.98. The summed E-state index contributed by atoms with van der Waals surface area (Å²) < 4.78 is 0. The number of amides is 2. The number of nitrogens with one attached hydrogen (secondary N) is 1. The lowest BCUT2D eigenvalue weighted by molar-refractivity contribution is -0.137. The SMILES string of the molecule is CN(CCC(=O)O)C(=O)NCCN. The Labute approximate surface area is 76.7 Å². The molecule has 0 aliphatic rings.